The summed E-state index contributed by atoms with van der Waals surface area (Å²) >= 11 is 0. The van der Waals surface area contributed by atoms with Crippen LogP contribution in [0.3, 0.4) is 0 Å². The van der Waals surface area contributed by atoms with Crippen LogP contribution in [-0.2, 0) is 9.53 Å². The first-order chi connectivity index (χ1) is 6.77. The SMILES string of the molecule is CCCN(CC(=O)OCC)C1CNC1. The molecule has 0 saturated carbocycles. The van der Waals surface area contributed by atoms with Gasteiger partial charge in [0.2, 0.25) is 0 Å². The van der Waals surface area contributed by atoms with Crippen LogP contribution in [0, 0.1) is 0 Å². The van der Waals surface area contributed by atoms with Gasteiger partial charge in [0.15, 0.2) is 0 Å². The number of ether oxygens (including phenoxy) is 1. The zero-order chi connectivity index (χ0) is 10.4. The second-order valence-electron chi connectivity index (χ2n) is 3.59. The van der Waals surface area contributed by atoms with Crippen molar-refractivity contribution in [2.45, 2.75) is 26.3 Å². The number of hydrogen-bond donors (Lipinski definition) is 1. The molecule has 1 aliphatic rings. The van der Waals surface area contributed by atoms with Gasteiger partial charge in [-0.1, -0.05) is 6.92 Å². The quantitative estimate of drug-likeness (QED) is 0.623. The fourth-order valence-corrected chi connectivity index (χ4v) is 1.58. The van der Waals surface area contributed by atoms with E-state index in [2.05, 4.69) is 17.1 Å². The molecular weight excluding hydrogens is 180 g/mol. The van der Waals surface area contributed by atoms with Gasteiger partial charge in [-0.05, 0) is 19.9 Å². The van der Waals surface area contributed by atoms with E-state index in [1.807, 2.05) is 6.92 Å². The normalized spacial score (nSPS) is 16.8. The zero-order valence-corrected chi connectivity index (χ0v) is 9.08. The largest absolute Gasteiger partial charge is 0.465 e. The molecule has 1 rings (SSSR count). The zero-order valence-electron chi connectivity index (χ0n) is 9.08. The Morgan fingerprint density at radius 1 is 1.50 bits per heavy atom. The minimum absolute atomic E-state index is 0.104. The molecule has 4 heteroatoms. The molecule has 0 aliphatic carbocycles. The Bertz CT molecular complexity index is 181. The second-order valence-corrected chi connectivity index (χ2v) is 3.59. The van der Waals surface area contributed by atoms with Gasteiger partial charge in [-0.3, -0.25) is 9.69 Å². The van der Waals surface area contributed by atoms with Crippen molar-refractivity contribution in [3.8, 4) is 0 Å². The van der Waals surface area contributed by atoms with Crippen LogP contribution in [0.25, 0.3) is 0 Å². The third-order valence-electron chi connectivity index (χ3n) is 2.42. The standard InChI is InChI=1S/C10H20N2O2/c1-3-5-12(9-6-11-7-9)8-10(13)14-4-2/h9,11H,3-8H2,1-2H3. The molecule has 0 unspecified atom stereocenters. The summed E-state index contributed by atoms with van der Waals surface area (Å²) in [6.45, 7) is 7.86. The van der Waals surface area contributed by atoms with Gasteiger partial charge < -0.3 is 10.1 Å². The van der Waals surface area contributed by atoms with Crippen LogP contribution in [0.2, 0.25) is 0 Å². The molecule has 0 bridgehead atoms. The average Bonchev–Trinajstić information content (AvgIpc) is 2.01. The lowest BCUT2D eigenvalue weighted by Crippen LogP contribution is -2.58. The summed E-state index contributed by atoms with van der Waals surface area (Å²) in [6.07, 6.45) is 1.08. The molecule has 0 aromatic carbocycles. The predicted molar refractivity (Wildman–Crippen MR) is 55.2 cm³/mol. The summed E-state index contributed by atoms with van der Waals surface area (Å²) in [6, 6.07) is 0.527. The number of rotatable bonds is 6. The van der Waals surface area contributed by atoms with E-state index >= 15 is 0 Å². The van der Waals surface area contributed by atoms with Crippen LogP contribution in [0.4, 0.5) is 0 Å². The third kappa shape index (κ3) is 3.27. The molecule has 1 heterocycles. The number of carbonyl (C=O) groups is 1. The van der Waals surface area contributed by atoms with Crippen molar-refractivity contribution in [3.05, 3.63) is 0 Å². The molecular formula is C10H20N2O2. The number of nitrogens with one attached hydrogen (secondary N) is 1. The van der Waals surface area contributed by atoms with Gasteiger partial charge in [0, 0.05) is 19.1 Å². The number of esters is 1. The van der Waals surface area contributed by atoms with Crippen molar-refractivity contribution < 1.29 is 9.53 Å². The summed E-state index contributed by atoms with van der Waals surface area (Å²) in [7, 11) is 0. The van der Waals surface area contributed by atoms with Gasteiger partial charge >= 0.3 is 5.97 Å². The van der Waals surface area contributed by atoms with Crippen molar-refractivity contribution in [2.24, 2.45) is 0 Å². The van der Waals surface area contributed by atoms with Gasteiger partial charge in [-0.15, -0.1) is 0 Å². The van der Waals surface area contributed by atoms with Gasteiger partial charge in [0.1, 0.15) is 0 Å². The highest BCUT2D eigenvalue weighted by Gasteiger charge is 2.25. The smallest absolute Gasteiger partial charge is 0.320 e. The Balaban J connectivity index is 2.30. The van der Waals surface area contributed by atoms with Crippen LogP contribution < -0.4 is 5.32 Å². The van der Waals surface area contributed by atoms with Crippen molar-refractivity contribution in [1.29, 1.82) is 0 Å². The lowest BCUT2D eigenvalue weighted by Gasteiger charge is -2.37. The van der Waals surface area contributed by atoms with E-state index in [0.717, 1.165) is 26.1 Å². The lowest BCUT2D eigenvalue weighted by molar-refractivity contribution is -0.145. The third-order valence-corrected chi connectivity index (χ3v) is 2.42. The molecule has 0 radical (unpaired) electrons. The van der Waals surface area contributed by atoms with E-state index in [9.17, 15) is 4.79 Å². The molecule has 0 aromatic heterocycles. The number of nitrogens with zero attached hydrogens (tertiary/aromatic N) is 1. The summed E-state index contributed by atoms with van der Waals surface area (Å²) in [5, 5.41) is 3.21. The molecule has 0 aromatic rings. The van der Waals surface area contributed by atoms with Crippen LogP contribution in [-0.4, -0.2) is 49.7 Å². The van der Waals surface area contributed by atoms with Crippen LogP contribution in [0.5, 0.6) is 0 Å². The van der Waals surface area contributed by atoms with Crippen molar-refractivity contribution in [1.82, 2.24) is 10.2 Å². The first-order valence-corrected chi connectivity index (χ1v) is 5.38. The Morgan fingerprint density at radius 2 is 2.21 bits per heavy atom. The Kier molecular flexibility index (Phi) is 4.90. The Labute approximate surface area is 85.6 Å². The van der Waals surface area contributed by atoms with E-state index in [1.54, 1.807) is 0 Å². The molecule has 14 heavy (non-hydrogen) atoms. The molecule has 1 saturated heterocycles. The summed E-state index contributed by atoms with van der Waals surface area (Å²) < 4.78 is 4.94. The molecule has 1 aliphatic heterocycles. The second kappa shape index (κ2) is 5.98. The molecule has 1 fully saturated rings. The topological polar surface area (TPSA) is 41.6 Å². The summed E-state index contributed by atoms with van der Waals surface area (Å²) in [4.78, 5) is 13.5. The monoisotopic (exact) mass is 200 g/mol. The van der Waals surface area contributed by atoms with E-state index in [-0.39, 0.29) is 5.97 Å². The molecule has 0 amide bonds. The maximum absolute atomic E-state index is 11.3. The number of carbonyl (C=O) groups excluding carboxylic acids is 1. The van der Waals surface area contributed by atoms with Gasteiger partial charge in [-0.25, -0.2) is 0 Å². The Morgan fingerprint density at radius 3 is 2.64 bits per heavy atom. The molecule has 0 atom stereocenters. The fourth-order valence-electron chi connectivity index (χ4n) is 1.58. The van der Waals surface area contributed by atoms with Gasteiger partial charge in [-0.2, -0.15) is 0 Å². The predicted octanol–water partition coefficient (Wildman–Crippen LogP) is 0.233. The van der Waals surface area contributed by atoms with E-state index in [4.69, 9.17) is 4.74 Å². The van der Waals surface area contributed by atoms with Gasteiger partial charge in [0.25, 0.3) is 0 Å². The van der Waals surface area contributed by atoms with Crippen molar-refractivity contribution >= 4 is 5.97 Å². The van der Waals surface area contributed by atoms with E-state index < -0.39 is 0 Å². The van der Waals surface area contributed by atoms with E-state index in [0.29, 0.717) is 19.2 Å². The van der Waals surface area contributed by atoms with Crippen LogP contribution in [0.15, 0.2) is 0 Å². The maximum Gasteiger partial charge on any atom is 0.320 e. The molecule has 82 valence electrons. The fraction of sp³-hybridized carbons (Fsp3) is 0.900. The first-order valence-electron chi connectivity index (χ1n) is 5.38. The highest BCUT2D eigenvalue weighted by molar-refractivity contribution is 5.71. The van der Waals surface area contributed by atoms with Crippen LogP contribution >= 0.6 is 0 Å². The summed E-state index contributed by atoms with van der Waals surface area (Å²) in [5.41, 5.74) is 0. The highest BCUT2D eigenvalue weighted by atomic mass is 16.5. The lowest BCUT2D eigenvalue weighted by atomic mass is 10.1. The average molecular weight is 200 g/mol. The molecule has 4 nitrogen and oxygen atoms in total. The van der Waals surface area contributed by atoms with Crippen LogP contribution in [0.1, 0.15) is 20.3 Å². The number of hydrogen-bond acceptors (Lipinski definition) is 4. The maximum atomic E-state index is 11.3. The van der Waals surface area contributed by atoms with Crippen molar-refractivity contribution in [2.75, 3.05) is 32.8 Å². The Hall–Kier alpha value is -0.610. The molecule has 1 N–H and O–H groups in total. The van der Waals surface area contributed by atoms with Crippen molar-refractivity contribution in [3.63, 3.8) is 0 Å². The highest BCUT2D eigenvalue weighted by Crippen LogP contribution is 2.05. The minimum atomic E-state index is -0.104. The first kappa shape index (κ1) is 11.5. The molecule has 0 spiro atoms. The van der Waals surface area contributed by atoms with Gasteiger partial charge in [0.05, 0.1) is 13.2 Å². The van der Waals surface area contributed by atoms with E-state index in [1.165, 1.54) is 0 Å². The minimum Gasteiger partial charge on any atom is -0.465 e. The summed E-state index contributed by atoms with van der Waals surface area (Å²) in [5.74, 6) is -0.104.